The lowest BCUT2D eigenvalue weighted by Gasteiger charge is -2.25. The lowest BCUT2D eigenvalue weighted by molar-refractivity contribution is 0.194. The Labute approximate surface area is 135 Å². The molecule has 0 aliphatic carbocycles. The quantitative estimate of drug-likeness (QED) is 0.913. The molecule has 1 unspecified atom stereocenters. The fourth-order valence-corrected chi connectivity index (χ4v) is 2.29. The van der Waals surface area contributed by atoms with Crippen LogP contribution < -0.4 is 10.1 Å². The molecule has 0 spiro atoms. The molecule has 122 valence electrons. The second-order valence-electron chi connectivity index (χ2n) is 5.31. The van der Waals surface area contributed by atoms with Gasteiger partial charge in [-0.15, -0.1) is 0 Å². The molecule has 0 fully saturated rings. The van der Waals surface area contributed by atoms with Crippen LogP contribution in [0, 0.1) is 5.82 Å². The van der Waals surface area contributed by atoms with Crippen molar-refractivity contribution in [3.63, 3.8) is 0 Å². The number of rotatable bonds is 5. The summed E-state index contributed by atoms with van der Waals surface area (Å²) in [5.41, 5.74) is 1.78. The predicted octanol–water partition coefficient (Wildman–Crippen LogP) is 3.74. The number of nitrogens with zero attached hydrogens (tertiary/aromatic N) is 1. The van der Waals surface area contributed by atoms with Crippen LogP contribution in [-0.4, -0.2) is 25.1 Å². The van der Waals surface area contributed by atoms with E-state index in [1.54, 1.807) is 31.2 Å². The van der Waals surface area contributed by atoms with E-state index in [4.69, 9.17) is 4.74 Å². The smallest absolute Gasteiger partial charge is 0.317 e. The topological polar surface area (TPSA) is 41.6 Å². The van der Waals surface area contributed by atoms with Gasteiger partial charge in [0.05, 0.1) is 13.2 Å². The molecule has 0 saturated heterocycles. The lowest BCUT2D eigenvalue weighted by atomic mass is 10.1. The maximum absolute atomic E-state index is 13.0. The fourth-order valence-electron chi connectivity index (χ4n) is 2.29. The highest BCUT2D eigenvalue weighted by Crippen LogP contribution is 2.20. The molecule has 5 heteroatoms. The molecule has 4 nitrogen and oxygen atoms in total. The Morgan fingerprint density at radius 3 is 2.52 bits per heavy atom. The minimum Gasteiger partial charge on any atom is -0.496 e. The fraction of sp³-hybridized carbons (Fsp3) is 0.278. The Morgan fingerprint density at radius 1 is 1.22 bits per heavy atom. The molecular formula is C18H21FN2O2. The number of hydrogen-bond donors (Lipinski definition) is 1. The van der Waals surface area contributed by atoms with Crippen molar-refractivity contribution in [1.82, 2.24) is 10.2 Å². The minimum atomic E-state index is -0.288. The van der Waals surface area contributed by atoms with E-state index in [0.29, 0.717) is 6.54 Å². The first-order valence-corrected chi connectivity index (χ1v) is 7.41. The maximum atomic E-state index is 13.0. The Morgan fingerprint density at radius 2 is 1.87 bits per heavy atom. The number of methoxy groups -OCH3 is 1. The van der Waals surface area contributed by atoms with Crippen LogP contribution in [0.5, 0.6) is 5.75 Å². The van der Waals surface area contributed by atoms with Crippen molar-refractivity contribution in [2.24, 2.45) is 0 Å². The van der Waals surface area contributed by atoms with Crippen LogP contribution in [0.2, 0.25) is 0 Å². The zero-order chi connectivity index (χ0) is 16.8. The Hall–Kier alpha value is -2.56. The lowest BCUT2D eigenvalue weighted by Crippen LogP contribution is -2.38. The van der Waals surface area contributed by atoms with Crippen LogP contribution in [-0.2, 0) is 6.54 Å². The second kappa shape index (κ2) is 7.63. The Balaban J connectivity index is 1.98. The second-order valence-corrected chi connectivity index (χ2v) is 5.31. The molecule has 0 aliphatic rings. The highest BCUT2D eigenvalue weighted by Gasteiger charge is 2.17. The average molecular weight is 316 g/mol. The van der Waals surface area contributed by atoms with Gasteiger partial charge in [-0.05, 0) is 30.7 Å². The first-order valence-electron chi connectivity index (χ1n) is 7.41. The third-order valence-corrected chi connectivity index (χ3v) is 3.88. The molecule has 1 atom stereocenters. The maximum Gasteiger partial charge on any atom is 0.317 e. The van der Waals surface area contributed by atoms with E-state index < -0.39 is 0 Å². The van der Waals surface area contributed by atoms with E-state index in [1.807, 2.05) is 31.2 Å². The molecule has 0 aliphatic heterocycles. The summed E-state index contributed by atoms with van der Waals surface area (Å²) in [6.07, 6.45) is 0. The number of para-hydroxylation sites is 1. The summed E-state index contributed by atoms with van der Waals surface area (Å²) in [4.78, 5) is 13.9. The van der Waals surface area contributed by atoms with Gasteiger partial charge < -0.3 is 15.0 Å². The molecule has 0 aromatic heterocycles. The van der Waals surface area contributed by atoms with Gasteiger partial charge in [0.1, 0.15) is 11.6 Å². The number of urea groups is 1. The summed E-state index contributed by atoms with van der Waals surface area (Å²) in [6, 6.07) is 13.3. The average Bonchev–Trinajstić information content (AvgIpc) is 2.59. The van der Waals surface area contributed by atoms with Gasteiger partial charge in [0.15, 0.2) is 0 Å². The largest absolute Gasteiger partial charge is 0.496 e. The molecule has 2 amide bonds. The number of carbonyl (C=O) groups excluding carboxylic acids is 1. The highest BCUT2D eigenvalue weighted by molar-refractivity contribution is 5.74. The molecule has 2 rings (SSSR count). The van der Waals surface area contributed by atoms with Crippen LogP contribution in [0.15, 0.2) is 48.5 Å². The number of hydrogen-bond acceptors (Lipinski definition) is 2. The van der Waals surface area contributed by atoms with E-state index in [1.165, 1.54) is 12.1 Å². The number of benzene rings is 2. The standard InChI is InChI=1S/C18H21FN2O2/c1-13(14-8-10-16(19)11-9-14)21(2)18(22)20-12-15-6-4-5-7-17(15)23-3/h4-11,13H,12H2,1-3H3,(H,20,22). The highest BCUT2D eigenvalue weighted by atomic mass is 19.1. The molecule has 1 N–H and O–H groups in total. The van der Waals surface area contributed by atoms with Crippen molar-refractivity contribution >= 4 is 6.03 Å². The summed E-state index contributed by atoms with van der Waals surface area (Å²) in [6.45, 7) is 2.28. The summed E-state index contributed by atoms with van der Waals surface area (Å²) >= 11 is 0. The van der Waals surface area contributed by atoms with Crippen molar-refractivity contribution in [2.45, 2.75) is 19.5 Å². The first kappa shape index (κ1) is 16.8. The van der Waals surface area contributed by atoms with Crippen molar-refractivity contribution in [2.75, 3.05) is 14.2 Å². The molecule has 2 aromatic carbocycles. The van der Waals surface area contributed by atoms with Gasteiger partial charge in [0.25, 0.3) is 0 Å². The van der Waals surface area contributed by atoms with E-state index in [9.17, 15) is 9.18 Å². The summed E-state index contributed by atoms with van der Waals surface area (Å²) < 4.78 is 18.3. The van der Waals surface area contributed by atoms with Gasteiger partial charge in [0.2, 0.25) is 0 Å². The molecule has 23 heavy (non-hydrogen) atoms. The van der Waals surface area contributed by atoms with Gasteiger partial charge in [-0.2, -0.15) is 0 Å². The predicted molar refractivity (Wildman–Crippen MR) is 87.8 cm³/mol. The van der Waals surface area contributed by atoms with Crippen LogP contribution in [0.1, 0.15) is 24.1 Å². The van der Waals surface area contributed by atoms with E-state index in [-0.39, 0.29) is 17.9 Å². The van der Waals surface area contributed by atoms with Gasteiger partial charge in [-0.3, -0.25) is 0 Å². The number of carbonyl (C=O) groups is 1. The van der Waals surface area contributed by atoms with Crippen LogP contribution in [0.4, 0.5) is 9.18 Å². The monoisotopic (exact) mass is 316 g/mol. The number of nitrogens with one attached hydrogen (secondary N) is 1. The van der Waals surface area contributed by atoms with Crippen LogP contribution in [0.3, 0.4) is 0 Å². The third-order valence-electron chi connectivity index (χ3n) is 3.88. The van der Waals surface area contributed by atoms with E-state index >= 15 is 0 Å². The van der Waals surface area contributed by atoms with Gasteiger partial charge in [-0.1, -0.05) is 30.3 Å². The molecule has 2 aromatic rings. The number of halogens is 1. The summed E-state index contributed by atoms with van der Waals surface area (Å²) in [7, 11) is 3.31. The van der Waals surface area contributed by atoms with Crippen molar-refractivity contribution in [3.05, 3.63) is 65.5 Å². The van der Waals surface area contributed by atoms with Crippen LogP contribution >= 0.6 is 0 Å². The van der Waals surface area contributed by atoms with E-state index in [2.05, 4.69) is 5.32 Å². The zero-order valence-corrected chi connectivity index (χ0v) is 13.5. The van der Waals surface area contributed by atoms with Crippen LogP contribution in [0.25, 0.3) is 0 Å². The zero-order valence-electron chi connectivity index (χ0n) is 13.5. The minimum absolute atomic E-state index is 0.159. The molecular weight excluding hydrogens is 295 g/mol. The Kier molecular flexibility index (Phi) is 5.57. The molecule has 0 bridgehead atoms. The number of ether oxygens (including phenoxy) is 1. The van der Waals surface area contributed by atoms with Crippen molar-refractivity contribution in [1.29, 1.82) is 0 Å². The van der Waals surface area contributed by atoms with E-state index in [0.717, 1.165) is 16.9 Å². The molecule has 0 radical (unpaired) electrons. The van der Waals surface area contributed by atoms with Crippen molar-refractivity contribution < 1.29 is 13.9 Å². The molecule has 0 heterocycles. The summed E-state index contributed by atoms with van der Waals surface area (Å²) in [5, 5.41) is 2.87. The number of amides is 2. The summed E-state index contributed by atoms with van der Waals surface area (Å²) in [5.74, 6) is 0.450. The Bertz CT molecular complexity index is 658. The van der Waals surface area contributed by atoms with Gasteiger partial charge in [0, 0.05) is 19.2 Å². The molecule has 0 saturated carbocycles. The SMILES string of the molecule is COc1ccccc1CNC(=O)N(C)C(C)c1ccc(F)cc1. The first-order chi connectivity index (χ1) is 11.0. The van der Waals surface area contributed by atoms with Gasteiger partial charge in [-0.25, -0.2) is 9.18 Å². The third kappa shape index (κ3) is 4.22. The normalized spacial score (nSPS) is 11.7. The van der Waals surface area contributed by atoms with Gasteiger partial charge >= 0.3 is 6.03 Å². The van der Waals surface area contributed by atoms with Crippen molar-refractivity contribution in [3.8, 4) is 5.75 Å².